The highest BCUT2D eigenvalue weighted by molar-refractivity contribution is 5.76. The molecule has 7 heteroatoms. The summed E-state index contributed by atoms with van der Waals surface area (Å²) in [7, 11) is 3.40. The SMILES string of the molecule is COc1c(C)cc(C(C(=O)O)N(C)Cc2nncn2C(C)C)cc1C. The second-order valence-electron chi connectivity index (χ2n) is 6.59. The van der Waals surface area contributed by atoms with Crippen molar-refractivity contribution in [2.45, 2.75) is 46.3 Å². The molecular formula is C18H26N4O3. The van der Waals surface area contributed by atoms with Crippen LogP contribution < -0.4 is 4.74 Å². The molecule has 1 aromatic carbocycles. The number of aromatic nitrogens is 3. The first-order chi connectivity index (χ1) is 11.8. The van der Waals surface area contributed by atoms with Crippen molar-refractivity contribution in [3.05, 3.63) is 41.0 Å². The zero-order valence-corrected chi connectivity index (χ0v) is 15.6. The molecule has 7 nitrogen and oxygen atoms in total. The first-order valence-corrected chi connectivity index (χ1v) is 8.22. The summed E-state index contributed by atoms with van der Waals surface area (Å²) in [6, 6.07) is 3.18. The van der Waals surface area contributed by atoms with Crippen molar-refractivity contribution in [3.8, 4) is 5.75 Å². The second kappa shape index (κ2) is 7.65. The molecular weight excluding hydrogens is 320 g/mol. The summed E-state index contributed by atoms with van der Waals surface area (Å²) in [5.74, 6) is 0.628. The number of carbonyl (C=O) groups is 1. The minimum atomic E-state index is -0.901. The number of aliphatic carboxylic acids is 1. The van der Waals surface area contributed by atoms with E-state index < -0.39 is 12.0 Å². The first-order valence-electron chi connectivity index (χ1n) is 8.22. The van der Waals surface area contributed by atoms with E-state index in [0.717, 1.165) is 28.3 Å². The van der Waals surface area contributed by atoms with Crippen LogP contribution >= 0.6 is 0 Å². The summed E-state index contributed by atoms with van der Waals surface area (Å²) < 4.78 is 7.32. The second-order valence-corrected chi connectivity index (χ2v) is 6.59. The Morgan fingerprint density at radius 2 is 1.92 bits per heavy atom. The van der Waals surface area contributed by atoms with Crippen LogP contribution in [0.3, 0.4) is 0 Å². The molecule has 0 radical (unpaired) electrons. The molecule has 0 aliphatic carbocycles. The number of likely N-dealkylation sites (N-methyl/N-ethyl adjacent to an activating group) is 1. The summed E-state index contributed by atoms with van der Waals surface area (Å²) in [5, 5.41) is 17.9. The zero-order valence-electron chi connectivity index (χ0n) is 15.6. The Balaban J connectivity index is 2.35. The number of methoxy groups -OCH3 is 1. The minimum Gasteiger partial charge on any atom is -0.496 e. The molecule has 0 spiro atoms. The Hall–Kier alpha value is -2.41. The third-order valence-corrected chi connectivity index (χ3v) is 4.27. The highest BCUT2D eigenvalue weighted by atomic mass is 16.5. The van der Waals surface area contributed by atoms with Gasteiger partial charge in [-0.05, 0) is 51.4 Å². The fourth-order valence-corrected chi connectivity index (χ4v) is 3.17. The highest BCUT2D eigenvalue weighted by Crippen LogP contribution is 2.30. The van der Waals surface area contributed by atoms with E-state index in [1.165, 1.54) is 0 Å². The topological polar surface area (TPSA) is 80.5 Å². The molecule has 1 N–H and O–H groups in total. The Kier molecular flexibility index (Phi) is 5.79. The average molecular weight is 346 g/mol. The van der Waals surface area contributed by atoms with E-state index in [9.17, 15) is 9.90 Å². The van der Waals surface area contributed by atoms with Crippen LogP contribution in [0.1, 0.15) is 48.4 Å². The lowest BCUT2D eigenvalue weighted by Crippen LogP contribution is -2.31. The number of benzene rings is 1. The molecule has 0 saturated heterocycles. The molecule has 0 fully saturated rings. The van der Waals surface area contributed by atoms with Gasteiger partial charge in [-0.3, -0.25) is 9.69 Å². The van der Waals surface area contributed by atoms with Crippen LogP contribution in [0.25, 0.3) is 0 Å². The van der Waals surface area contributed by atoms with Crippen LogP contribution in [0.5, 0.6) is 5.75 Å². The first kappa shape index (κ1) is 18.9. The van der Waals surface area contributed by atoms with Gasteiger partial charge >= 0.3 is 5.97 Å². The molecule has 1 aromatic heterocycles. The van der Waals surface area contributed by atoms with Gasteiger partial charge in [0.1, 0.15) is 23.9 Å². The van der Waals surface area contributed by atoms with Crippen molar-refractivity contribution in [1.29, 1.82) is 0 Å². The number of ether oxygens (including phenoxy) is 1. The monoisotopic (exact) mass is 346 g/mol. The quantitative estimate of drug-likeness (QED) is 0.830. The van der Waals surface area contributed by atoms with Crippen molar-refractivity contribution >= 4 is 5.97 Å². The lowest BCUT2D eigenvalue weighted by molar-refractivity contribution is -0.143. The molecule has 1 heterocycles. The fraction of sp³-hybridized carbons (Fsp3) is 0.500. The van der Waals surface area contributed by atoms with E-state index in [1.807, 2.05) is 44.4 Å². The van der Waals surface area contributed by atoms with E-state index in [1.54, 1.807) is 25.4 Å². The number of nitrogens with zero attached hydrogens (tertiary/aromatic N) is 4. The highest BCUT2D eigenvalue weighted by Gasteiger charge is 2.27. The Morgan fingerprint density at radius 3 is 2.40 bits per heavy atom. The zero-order chi connectivity index (χ0) is 18.7. The third-order valence-electron chi connectivity index (χ3n) is 4.27. The maximum absolute atomic E-state index is 11.9. The van der Waals surface area contributed by atoms with Gasteiger partial charge in [-0.15, -0.1) is 10.2 Å². The number of rotatable bonds is 7. The summed E-state index contributed by atoms with van der Waals surface area (Å²) in [4.78, 5) is 13.7. The van der Waals surface area contributed by atoms with Crippen LogP contribution in [0, 0.1) is 13.8 Å². The summed E-state index contributed by atoms with van der Waals surface area (Å²) in [6.45, 7) is 8.31. The molecule has 1 atom stereocenters. The number of aryl methyl sites for hydroxylation is 2. The molecule has 1 unspecified atom stereocenters. The smallest absolute Gasteiger partial charge is 0.325 e. The molecule has 2 rings (SSSR count). The van der Waals surface area contributed by atoms with Gasteiger partial charge in [0.25, 0.3) is 0 Å². The maximum atomic E-state index is 11.9. The largest absolute Gasteiger partial charge is 0.496 e. The molecule has 136 valence electrons. The van der Waals surface area contributed by atoms with Gasteiger partial charge in [-0.25, -0.2) is 0 Å². The van der Waals surface area contributed by atoms with Gasteiger partial charge in [0.15, 0.2) is 0 Å². The van der Waals surface area contributed by atoms with Crippen LogP contribution in [-0.4, -0.2) is 44.9 Å². The van der Waals surface area contributed by atoms with Crippen LogP contribution in [-0.2, 0) is 11.3 Å². The predicted octanol–water partition coefficient (Wildman–Crippen LogP) is 2.74. The van der Waals surface area contributed by atoms with Crippen LogP contribution in [0.15, 0.2) is 18.5 Å². The van der Waals surface area contributed by atoms with E-state index in [2.05, 4.69) is 10.2 Å². The van der Waals surface area contributed by atoms with E-state index in [4.69, 9.17) is 4.74 Å². The average Bonchev–Trinajstić information content (AvgIpc) is 2.95. The van der Waals surface area contributed by atoms with Gasteiger partial charge in [0.2, 0.25) is 0 Å². The van der Waals surface area contributed by atoms with Gasteiger partial charge in [0.05, 0.1) is 13.7 Å². The standard InChI is InChI=1S/C18H26N4O3/c1-11(2)22-10-19-20-15(22)9-21(5)16(18(23)24)14-7-12(3)17(25-6)13(4)8-14/h7-8,10-11,16H,9H2,1-6H3,(H,23,24). The van der Waals surface area contributed by atoms with Crippen molar-refractivity contribution in [2.75, 3.05) is 14.2 Å². The van der Waals surface area contributed by atoms with Gasteiger partial charge in [0, 0.05) is 6.04 Å². The molecule has 0 bridgehead atoms. The van der Waals surface area contributed by atoms with Crippen molar-refractivity contribution in [2.24, 2.45) is 0 Å². The summed E-state index contributed by atoms with van der Waals surface area (Å²) in [6.07, 6.45) is 1.67. The molecule has 2 aromatic rings. The number of carboxylic acid groups (broad SMARTS) is 1. The number of hydrogen-bond acceptors (Lipinski definition) is 5. The van der Waals surface area contributed by atoms with E-state index >= 15 is 0 Å². The molecule has 0 aliphatic heterocycles. The van der Waals surface area contributed by atoms with Gasteiger partial charge in [-0.1, -0.05) is 12.1 Å². The van der Waals surface area contributed by atoms with E-state index in [0.29, 0.717) is 6.54 Å². The lowest BCUT2D eigenvalue weighted by Gasteiger charge is -2.26. The third kappa shape index (κ3) is 3.99. The Bertz CT molecular complexity index is 732. The Morgan fingerprint density at radius 1 is 1.32 bits per heavy atom. The summed E-state index contributed by atoms with van der Waals surface area (Å²) in [5.41, 5.74) is 2.56. The summed E-state index contributed by atoms with van der Waals surface area (Å²) >= 11 is 0. The molecule has 0 aliphatic rings. The molecule has 0 saturated carbocycles. The van der Waals surface area contributed by atoms with Crippen molar-refractivity contribution in [3.63, 3.8) is 0 Å². The fourth-order valence-electron chi connectivity index (χ4n) is 3.17. The molecule has 25 heavy (non-hydrogen) atoms. The molecule has 0 amide bonds. The van der Waals surface area contributed by atoms with Crippen molar-refractivity contribution < 1.29 is 14.6 Å². The van der Waals surface area contributed by atoms with Gasteiger partial charge < -0.3 is 14.4 Å². The van der Waals surface area contributed by atoms with Gasteiger partial charge in [-0.2, -0.15) is 0 Å². The Labute approximate surface area is 148 Å². The van der Waals surface area contributed by atoms with E-state index in [-0.39, 0.29) is 6.04 Å². The maximum Gasteiger partial charge on any atom is 0.325 e. The number of hydrogen-bond donors (Lipinski definition) is 1. The van der Waals surface area contributed by atoms with Crippen molar-refractivity contribution in [1.82, 2.24) is 19.7 Å². The lowest BCUT2D eigenvalue weighted by atomic mass is 9.99. The minimum absolute atomic E-state index is 0.215. The predicted molar refractivity (Wildman–Crippen MR) is 94.7 cm³/mol. The van der Waals surface area contributed by atoms with Crippen LogP contribution in [0.4, 0.5) is 0 Å². The number of carboxylic acids is 1. The normalized spacial score (nSPS) is 12.6. The van der Waals surface area contributed by atoms with Crippen LogP contribution in [0.2, 0.25) is 0 Å².